The minimum absolute atomic E-state index is 0.0669. The normalized spacial score (nSPS) is 11.2. The third kappa shape index (κ3) is 2.71. The van der Waals surface area contributed by atoms with E-state index in [0.717, 1.165) is 11.1 Å². The Kier molecular flexibility index (Phi) is 3.76. The van der Waals surface area contributed by atoms with Crippen molar-refractivity contribution in [3.8, 4) is 11.1 Å². The molecule has 0 unspecified atom stereocenters. The summed E-state index contributed by atoms with van der Waals surface area (Å²) in [5, 5.41) is 0. The van der Waals surface area contributed by atoms with Crippen LogP contribution in [0, 0.1) is 6.92 Å². The number of hydrogen-bond acceptors (Lipinski definition) is 4. The van der Waals surface area contributed by atoms with Gasteiger partial charge < -0.3 is 0 Å². The van der Waals surface area contributed by atoms with Crippen LogP contribution in [-0.4, -0.2) is 24.1 Å². The second-order valence-corrected chi connectivity index (χ2v) is 6.13. The van der Waals surface area contributed by atoms with Gasteiger partial charge in [0.25, 0.3) is 0 Å². The molecule has 0 amide bonds. The van der Waals surface area contributed by atoms with Gasteiger partial charge in [0.15, 0.2) is 9.84 Å². The molecule has 0 aliphatic rings. The highest BCUT2D eigenvalue weighted by Gasteiger charge is 2.17. The van der Waals surface area contributed by atoms with Crippen molar-refractivity contribution in [1.82, 2.24) is 9.97 Å². The average molecular weight is 274 g/mol. The molecule has 1 aromatic heterocycles. The second kappa shape index (κ2) is 5.32. The second-order valence-electron chi connectivity index (χ2n) is 4.13. The Labute approximate surface area is 112 Å². The van der Waals surface area contributed by atoms with Gasteiger partial charge >= 0.3 is 0 Å². The van der Waals surface area contributed by atoms with Gasteiger partial charge in [-0.3, -0.25) is 0 Å². The third-order valence-electron chi connectivity index (χ3n) is 2.83. The molecule has 0 saturated carbocycles. The lowest BCUT2D eigenvalue weighted by atomic mass is 10.0. The van der Waals surface area contributed by atoms with Crippen molar-refractivity contribution in [3.05, 3.63) is 55.1 Å². The highest BCUT2D eigenvalue weighted by molar-refractivity contribution is 7.91. The molecule has 19 heavy (non-hydrogen) atoms. The van der Waals surface area contributed by atoms with Gasteiger partial charge in [0.05, 0.1) is 10.6 Å². The lowest BCUT2D eigenvalue weighted by Crippen LogP contribution is -2.07. The van der Waals surface area contributed by atoms with Crippen LogP contribution < -0.4 is 0 Å². The number of benzene rings is 1. The monoisotopic (exact) mass is 274 g/mol. The summed E-state index contributed by atoms with van der Waals surface area (Å²) >= 11 is 0. The van der Waals surface area contributed by atoms with Crippen LogP contribution in [0.2, 0.25) is 0 Å². The van der Waals surface area contributed by atoms with Crippen LogP contribution in [0.1, 0.15) is 5.56 Å². The Morgan fingerprint density at radius 1 is 1.26 bits per heavy atom. The van der Waals surface area contributed by atoms with Gasteiger partial charge in [-0.05, 0) is 24.1 Å². The van der Waals surface area contributed by atoms with Crippen molar-refractivity contribution in [2.75, 3.05) is 5.75 Å². The maximum atomic E-state index is 12.1. The highest BCUT2D eigenvalue weighted by Crippen LogP contribution is 2.27. The first-order valence-corrected chi connectivity index (χ1v) is 7.40. The molecule has 1 aromatic carbocycles. The average Bonchev–Trinajstić information content (AvgIpc) is 2.39. The van der Waals surface area contributed by atoms with Gasteiger partial charge in [0, 0.05) is 18.0 Å². The minimum Gasteiger partial charge on any atom is -0.244 e. The third-order valence-corrected chi connectivity index (χ3v) is 4.61. The van der Waals surface area contributed by atoms with E-state index < -0.39 is 9.84 Å². The van der Waals surface area contributed by atoms with Crippen molar-refractivity contribution in [1.29, 1.82) is 0 Å². The zero-order chi connectivity index (χ0) is 13.9. The van der Waals surface area contributed by atoms with E-state index in [0.29, 0.717) is 10.5 Å². The van der Waals surface area contributed by atoms with E-state index in [2.05, 4.69) is 16.5 Å². The van der Waals surface area contributed by atoms with E-state index in [1.165, 1.54) is 12.4 Å². The molecule has 4 nitrogen and oxygen atoms in total. The quantitative estimate of drug-likeness (QED) is 0.803. The van der Waals surface area contributed by atoms with Crippen molar-refractivity contribution in [2.24, 2.45) is 0 Å². The van der Waals surface area contributed by atoms with Crippen LogP contribution in [0.3, 0.4) is 0 Å². The predicted molar refractivity (Wildman–Crippen MR) is 74.5 cm³/mol. The van der Waals surface area contributed by atoms with Crippen molar-refractivity contribution in [3.63, 3.8) is 0 Å². The highest BCUT2D eigenvalue weighted by atomic mass is 32.2. The van der Waals surface area contributed by atoms with E-state index in [-0.39, 0.29) is 5.75 Å². The summed E-state index contributed by atoms with van der Waals surface area (Å²) in [4.78, 5) is 8.23. The minimum atomic E-state index is -3.33. The summed E-state index contributed by atoms with van der Waals surface area (Å²) < 4.78 is 24.3. The Bertz CT molecular complexity index is 695. The topological polar surface area (TPSA) is 59.9 Å². The summed E-state index contributed by atoms with van der Waals surface area (Å²) in [6, 6.07) is 5.20. The Balaban J connectivity index is 2.60. The summed E-state index contributed by atoms with van der Waals surface area (Å²) in [6.45, 7) is 5.27. The molecule has 98 valence electrons. The van der Waals surface area contributed by atoms with Gasteiger partial charge in [-0.1, -0.05) is 18.2 Å². The van der Waals surface area contributed by atoms with Crippen LogP contribution in [-0.2, 0) is 9.84 Å². The molecule has 0 bridgehead atoms. The molecule has 0 radical (unpaired) electrons. The Morgan fingerprint density at radius 2 is 1.95 bits per heavy atom. The van der Waals surface area contributed by atoms with Crippen molar-refractivity contribution >= 4 is 9.84 Å². The Hall–Kier alpha value is -2.01. The first kappa shape index (κ1) is 13.4. The maximum absolute atomic E-state index is 12.1. The first-order valence-electron chi connectivity index (χ1n) is 5.75. The molecule has 0 aliphatic carbocycles. The molecule has 2 rings (SSSR count). The van der Waals surface area contributed by atoms with E-state index in [1.807, 2.05) is 6.07 Å². The van der Waals surface area contributed by atoms with Gasteiger partial charge in [0.1, 0.15) is 6.33 Å². The van der Waals surface area contributed by atoms with E-state index in [9.17, 15) is 8.42 Å². The number of hydrogen-bond donors (Lipinski definition) is 0. The standard InChI is InChI=1S/C14H14N2O2S/c1-3-7-19(17,18)14-6-4-5-13(11(14)2)12-8-15-10-16-9-12/h3-6,8-10H,1,7H2,2H3. The molecule has 2 aromatic rings. The zero-order valence-corrected chi connectivity index (χ0v) is 11.4. The fourth-order valence-corrected chi connectivity index (χ4v) is 3.30. The van der Waals surface area contributed by atoms with Gasteiger partial charge in [-0.25, -0.2) is 18.4 Å². The Morgan fingerprint density at radius 3 is 2.58 bits per heavy atom. The molecular formula is C14H14N2O2S. The molecule has 0 N–H and O–H groups in total. The summed E-state index contributed by atoms with van der Waals surface area (Å²) in [6.07, 6.45) is 6.17. The van der Waals surface area contributed by atoms with Gasteiger partial charge in [-0.2, -0.15) is 0 Å². The van der Waals surface area contributed by atoms with Crippen LogP contribution in [0.15, 0.2) is 54.5 Å². The van der Waals surface area contributed by atoms with Crippen molar-refractivity contribution < 1.29 is 8.42 Å². The zero-order valence-electron chi connectivity index (χ0n) is 10.6. The molecule has 1 heterocycles. The number of rotatable bonds is 4. The fourth-order valence-electron chi connectivity index (χ4n) is 1.95. The maximum Gasteiger partial charge on any atom is 0.182 e. The molecule has 5 heteroatoms. The smallest absolute Gasteiger partial charge is 0.182 e. The number of aromatic nitrogens is 2. The molecule has 0 aliphatic heterocycles. The fraction of sp³-hybridized carbons (Fsp3) is 0.143. The van der Waals surface area contributed by atoms with Crippen LogP contribution >= 0.6 is 0 Å². The van der Waals surface area contributed by atoms with E-state index in [1.54, 1.807) is 31.5 Å². The molecular weight excluding hydrogens is 260 g/mol. The molecule has 0 saturated heterocycles. The number of nitrogens with zero attached hydrogens (tertiary/aromatic N) is 2. The van der Waals surface area contributed by atoms with Gasteiger partial charge in [0.2, 0.25) is 0 Å². The van der Waals surface area contributed by atoms with E-state index >= 15 is 0 Å². The van der Waals surface area contributed by atoms with Crippen LogP contribution in [0.4, 0.5) is 0 Å². The summed E-state index contributed by atoms with van der Waals surface area (Å²) in [5.74, 6) is -0.0669. The van der Waals surface area contributed by atoms with Crippen LogP contribution in [0.5, 0.6) is 0 Å². The summed E-state index contributed by atoms with van der Waals surface area (Å²) in [7, 11) is -3.33. The lowest BCUT2D eigenvalue weighted by Gasteiger charge is -2.10. The summed E-state index contributed by atoms with van der Waals surface area (Å²) in [5.41, 5.74) is 2.33. The SMILES string of the molecule is C=CCS(=O)(=O)c1cccc(-c2cncnc2)c1C. The predicted octanol–water partition coefficient (Wildman–Crippen LogP) is 2.41. The van der Waals surface area contributed by atoms with Crippen molar-refractivity contribution in [2.45, 2.75) is 11.8 Å². The van der Waals surface area contributed by atoms with Gasteiger partial charge in [-0.15, -0.1) is 6.58 Å². The van der Waals surface area contributed by atoms with Crippen LogP contribution in [0.25, 0.3) is 11.1 Å². The largest absolute Gasteiger partial charge is 0.244 e. The molecule has 0 fully saturated rings. The molecule has 0 atom stereocenters. The lowest BCUT2D eigenvalue weighted by molar-refractivity contribution is 0.598. The molecule has 0 spiro atoms. The number of sulfone groups is 1. The first-order chi connectivity index (χ1) is 9.06. The van der Waals surface area contributed by atoms with E-state index in [4.69, 9.17) is 0 Å².